The molecule has 1 aromatic carbocycles. The molecule has 0 spiro atoms. The number of fused-ring (bicyclic) bond motifs is 1. The van der Waals surface area contributed by atoms with E-state index in [1.807, 2.05) is 0 Å². The third kappa shape index (κ3) is 2.31. The number of aromatic nitrogens is 2. The van der Waals surface area contributed by atoms with Crippen LogP contribution >= 0.6 is 0 Å². The maximum atomic E-state index is 5.57. The monoisotopic (exact) mass is 254 g/mol. The van der Waals surface area contributed by atoms with E-state index < -0.39 is 0 Å². The third-order valence-electron chi connectivity index (χ3n) is 3.73. The summed E-state index contributed by atoms with van der Waals surface area (Å²) < 4.78 is 0. The average Bonchev–Trinajstić information content (AvgIpc) is 2.89. The molecule has 0 saturated carbocycles. The third-order valence-corrected chi connectivity index (χ3v) is 3.73. The van der Waals surface area contributed by atoms with E-state index in [1.54, 1.807) is 0 Å². The molecule has 0 fully saturated rings. The lowest BCUT2D eigenvalue weighted by Gasteiger charge is -2.10. The minimum Gasteiger partial charge on any atom is -0.308 e. The van der Waals surface area contributed by atoms with E-state index in [4.69, 9.17) is 10.8 Å². The Bertz CT molecular complexity index is 607. The van der Waals surface area contributed by atoms with Crippen LogP contribution in [-0.2, 0) is 19.3 Å². The molecule has 19 heavy (non-hydrogen) atoms. The number of hydrogen-bond donors (Lipinski definition) is 2. The highest BCUT2D eigenvalue weighted by Gasteiger charge is 2.19. The fourth-order valence-corrected chi connectivity index (χ4v) is 2.66. The van der Waals surface area contributed by atoms with E-state index in [9.17, 15) is 0 Å². The molecule has 0 radical (unpaired) electrons. The molecule has 98 valence electrons. The predicted octanol–water partition coefficient (Wildman–Crippen LogP) is 2.15. The molecule has 0 atom stereocenters. The van der Waals surface area contributed by atoms with Crippen molar-refractivity contribution in [3.63, 3.8) is 0 Å². The van der Waals surface area contributed by atoms with Crippen molar-refractivity contribution in [3.05, 3.63) is 52.5 Å². The van der Waals surface area contributed by atoms with Crippen molar-refractivity contribution in [2.75, 3.05) is 5.43 Å². The number of hydrazine groups is 1. The zero-order chi connectivity index (χ0) is 13.2. The van der Waals surface area contributed by atoms with E-state index >= 15 is 0 Å². The lowest BCUT2D eigenvalue weighted by Crippen LogP contribution is -2.14. The number of nitrogens with one attached hydrogen (secondary N) is 1. The minimum atomic E-state index is 0.759. The SMILES string of the molecule is Cc1ccccc1Cc1nc2c(c(NN)n1)CCC2. The second-order valence-electron chi connectivity index (χ2n) is 5.01. The molecule has 0 aliphatic heterocycles. The predicted molar refractivity (Wildman–Crippen MR) is 75.9 cm³/mol. The van der Waals surface area contributed by atoms with E-state index in [2.05, 4.69) is 41.6 Å². The lowest BCUT2D eigenvalue weighted by molar-refractivity contribution is 0.884. The van der Waals surface area contributed by atoms with Crippen LogP contribution in [0.4, 0.5) is 5.82 Å². The highest BCUT2D eigenvalue weighted by molar-refractivity contribution is 5.48. The second kappa shape index (κ2) is 4.97. The maximum absolute atomic E-state index is 5.57. The number of nitrogen functional groups attached to an aromatic ring is 1. The number of nitrogens with two attached hydrogens (primary N) is 1. The Hall–Kier alpha value is -1.94. The van der Waals surface area contributed by atoms with Crippen molar-refractivity contribution >= 4 is 5.82 Å². The fourth-order valence-electron chi connectivity index (χ4n) is 2.66. The number of hydrogen-bond acceptors (Lipinski definition) is 4. The molecule has 1 aliphatic rings. The maximum Gasteiger partial charge on any atom is 0.147 e. The van der Waals surface area contributed by atoms with Gasteiger partial charge in [-0.3, -0.25) is 0 Å². The topological polar surface area (TPSA) is 63.8 Å². The van der Waals surface area contributed by atoms with Gasteiger partial charge in [-0.25, -0.2) is 15.8 Å². The van der Waals surface area contributed by atoms with Crippen LogP contribution in [0.5, 0.6) is 0 Å². The van der Waals surface area contributed by atoms with Crippen LogP contribution in [0, 0.1) is 6.92 Å². The largest absolute Gasteiger partial charge is 0.308 e. The van der Waals surface area contributed by atoms with Crippen LogP contribution in [0.25, 0.3) is 0 Å². The van der Waals surface area contributed by atoms with Gasteiger partial charge in [0.1, 0.15) is 11.6 Å². The summed E-state index contributed by atoms with van der Waals surface area (Å²) in [6.45, 7) is 2.12. The summed E-state index contributed by atoms with van der Waals surface area (Å²) in [6.07, 6.45) is 3.97. The van der Waals surface area contributed by atoms with Gasteiger partial charge >= 0.3 is 0 Å². The first-order valence-electron chi connectivity index (χ1n) is 6.67. The van der Waals surface area contributed by atoms with Gasteiger partial charge in [-0.2, -0.15) is 0 Å². The van der Waals surface area contributed by atoms with Crippen molar-refractivity contribution in [2.45, 2.75) is 32.6 Å². The molecule has 0 bridgehead atoms. The van der Waals surface area contributed by atoms with Crippen LogP contribution in [0.15, 0.2) is 24.3 Å². The smallest absolute Gasteiger partial charge is 0.147 e. The molecule has 1 aliphatic carbocycles. The summed E-state index contributed by atoms with van der Waals surface area (Å²) in [7, 11) is 0. The highest BCUT2D eigenvalue weighted by atomic mass is 15.3. The Morgan fingerprint density at radius 3 is 2.84 bits per heavy atom. The van der Waals surface area contributed by atoms with E-state index in [-0.39, 0.29) is 0 Å². The molecule has 4 nitrogen and oxygen atoms in total. The van der Waals surface area contributed by atoms with Crippen LogP contribution in [-0.4, -0.2) is 9.97 Å². The van der Waals surface area contributed by atoms with Gasteiger partial charge in [0.15, 0.2) is 0 Å². The first-order chi connectivity index (χ1) is 9.28. The van der Waals surface area contributed by atoms with Crippen molar-refractivity contribution in [3.8, 4) is 0 Å². The summed E-state index contributed by atoms with van der Waals surface area (Å²) in [5.41, 5.74) is 7.61. The minimum absolute atomic E-state index is 0.759. The molecular formula is C15H18N4. The Morgan fingerprint density at radius 1 is 1.21 bits per heavy atom. The van der Waals surface area contributed by atoms with Crippen molar-refractivity contribution in [1.82, 2.24) is 9.97 Å². The first-order valence-corrected chi connectivity index (χ1v) is 6.67. The van der Waals surface area contributed by atoms with Gasteiger partial charge in [0.05, 0.1) is 0 Å². The summed E-state index contributed by atoms with van der Waals surface area (Å²) in [5.74, 6) is 7.22. The molecule has 0 saturated heterocycles. The quantitative estimate of drug-likeness (QED) is 0.650. The summed E-state index contributed by atoms with van der Waals surface area (Å²) in [5, 5.41) is 0. The van der Waals surface area contributed by atoms with Gasteiger partial charge < -0.3 is 5.43 Å². The van der Waals surface area contributed by atoms with Crippen molar-refractivity contribution in [1.29, 1.82) is 0 Å². The summed E-state index contributed by atoms with van der Waals surface area (Å²) in [4.78, 5) is 9.24. The van der Waals surface area contributed by atoms with Gasteiger partial charge in [0.25, 0.3) is 0 Å². The first kappa shape index (κ1) is 12.1. The van der Waals surface area contributed by atoms with Gasteiger partial charge in [0, 0.05) is 17.7 Å². The molecule has 1 heterocycles. The lowest BCUT2D eigenvalue weighted by atomic mass is 10.1. The van der Waals surface area contributed by atoms with Crippen LogP contribution in [0.2, 0.25) is 0 Å². The van der Waals surface area contributed by atoms with Gasteiger partial charge in [-0.15, -0.1) is 0 Å². The molecule has 0 amide bonds. The van der Waals surface area contributed by atoms with Crippen molar-refractivity contribution < 1.29 is 0 Å². The highest BCUT2D eigenvalue weighted by Crippen LogP contribution is 2.26. The molecule has 1 aromatic heterocycles. The van der Waals surface area contributed by atoms with E-state index in [0.29, 0.717) is 0 Å². The number of anilines is 1. The molecule has 0 unspecified atom stereocenters. The Balaban J connectivity index is 1.96. The number of rotatable bonds is 3. The number of aryl methyl sites for hydroxylation is 2. The molecular weight excluding hydrogens is 236 g/mol. The summed E-state index contributed by atoms with van der Waals surface area (Å²) in [6, 6.07) is 8.35. The van der Waals surface area contributed by atoms with Crippen LogP contribution < -0.4 is 11.3 Å². The fraction of sp³-hybridized carbons (Fsp3) is 0.333. The number of benzene rings is 1. The van der Waals surface area contributed by atoms with Crippen LogP contribution in [0.1, 0.15) is 34.6 Å². The number of nitrogens with zero attached hydrogens (tertiary/aromatic N) is 2. The zero-order valence-corrected chi connectivity index (χ0v) is 11.1. The molecule has 2 aromatic rings. The second-order valence-corrected chi connectivity index (χ2v) is 5.01. The van der Waals surface area contributed by atoms with Crippen LogP contribution in [0.3, 0.4) is 0 Å². The van der Waals surface area contributed by atoms with Gasteiger partial charge in [0.2, 0.25) is 0 Å². The van der Waals surface area contributed by atoms with E-state index in [1.165, 1.54) is 16.7 Å². The molecule has 4 heteroatoms. The Labute approximate surface area is 113 Å². The standard InChI is InChI=1S/C15H18N4/c1-10-5-2-3-6-11(10)9-14-17-13-8-4-7-12(13)15(18-14)19-16/h2-3,5-6H,4,7-9,16H2,1H3,(H,17,18,19). The Kier molecular flexibility index (Phi) is 3.17. The van der Waals surface area contributed by atoms with Gasteiger partial charge in [-0.05, 0) is 37.3 Å². The zero-order valence-electron chi connectivity index (χ0n) is 11.1. The molecule has 3 N–H and O–H groups in total. The Morgan fingerprint density at radius 2 is 2.05 bits per heavy atom. The normalized spacial score (nSPS) is 13.4. The van der Waals surface area contributed by atoms with E-state index in [0.717, 1.165) is 43.0 Å². The van der Waals surface area contributed by atoms with Crippen molar-refractivity contribution in [2.24, 2.45) is 5.84 Å². The van der Waals surface area contributed by atoms with Gasteiger partial charge in [-0.1, -0.05) is 24.3 Å². The molecule has 3 rings (SSSR count). The summed E-state index contributed by atoms with van der Waals surface area (Å²) >= 11 is 0. The average molecular weight is 254 g/mol.